The maximum Gasteiger partial charge on any atom is 1.00 e. The van der Waals surface area contributed by atoms with E-state index in [2.05, 4.69) is 5.32 Å². The van der Waals surface area contributed by atoms with E-state index < -0.39 is 52.9 Å². The average molecular weight is 515 g/mol. The SMILES string of the molecule is O=P([O-])([O-])CCc1cc(CCP(=O)([O-])[O-])cc(CNC(CO)(CO)CO)c1.[Na+].[Na+].[Na+].[Na+]. The zero-order chi connectivity index (χ0) is 20.7. The predicted octanol–water partition coefficient (Wildman–Crippen LogP) is -15.6. The van der Waals surface area contributed by atoms with Gasteiger partial charge in [0, 0.05) is 6.54 Å². The second-order valence-corrected chi connectivity index (χ2v) is 9.77. The molecule has 16 heteroatoms. The van der Waals surface area contributed by atoms with E-state index in [-0.39, 0.29) is 138 Å². The van der Waals surface area contributed by atoms with E-state index in [0.29, 0.717) is 16.7 Å². The molecule has 0 bridgehead atoms. The molecule has 0 fully saturated rings. The summed E-state index contributed by atoms with van der Waals surface area (Å²) >= 11 is 0. The number of hydrogen-bond acceptors (Lipinski definition) is 10. The van der Waals surface area contributed by atoms with Crippen LogP contribution in [0.25, 0.3) is 0 Å². The van der Waals surface area contributed by atoms with E-state index in [1.54, 1.807) is 12.1 Å². The molecular weight excluding hydrogens is 492 g/mol. The Morgan fingerprint density at radius 2 is 1.03 bits per heavy atom. The first-order valence-corrected chi connectivity index (χ1v) is 11.6. The number of benzene rings is 1. The van der Waals surface area contributed by atoms with E-state index >= 15 is 0 Å². The van der Waals surface area contributed by atoms with Crippen molar-refractivity contribution in [3.05, 3.63) is 34.9 Å². The predicted molar refractivity (Wildman–Crippen MR) is 89.6 cm³/mol. The summed E-state index contributed by atoms with van der Waals surface area (Å²) < 4.78 is 21.7. The number of rotatable bonds is 12. The van der Waals surface area contributed by atoms with Gasteiger partial charge in [-0.1, -0.05) is 33.4 Å². The quantitative estimate of drug-likeness (QED) is 0.153. The Kier molecular flexibility index (Phi) is 26.1. The zero-order valence-corrected chi connectivity index (χ0v) is 28.4. The van der Waals surface area contributed by atoms with Gasteiger partial charge in [-0.15, -0.1) is 0 Å². The molecule has 4 N–H and O–H groups in total. The van der Waals surface area contributed by atoms with Crippen LogP contribution in [0.3, 0.4) is 0 Å². The molecule has 0 unspecified atom stereocenters. The van der Waals surface area contributed by atoms with E-state index in [4.69, 9.17) is 0 Å². The third-order valence-corrected chi connectivity index (χ3v) is 5.58. The van der Waals surface area contributed by atoms with Gasteiger partial charge in [0.2, 0.25) is 0 Å². The molecule has 0 heterocycles. The van der Waals surface area contributed by atoms with Crippen LogP contribution in [-0.4, -0.2) is 53.0 Å². The Morgan fingerprint density at radius 1 is 0.710 bits per heavy atom. The molecule has 1 aromatic rings. The summed E-state index contributed by atoms with van der Waals surface area (Å²) in [6, 6.07) is 4.68. The van der Waals surface area contributed by atoms with Crippen molar-refractivity contribution >= 4 is 15.2 Å². The van der Waals surface area contributed by atoms with Gasteiger partial charge in [-0.2, -0.15) is 0 Å². The number of hydrogen-bond donors (Lipinski definition) is 4. The number of aliphatic hydroxyl groups is 3. The molecule has 0 spiro atoms. The summed E-state index contributed by atoms with van der Waals surface area (Å²) in [5.74, 6) is 0. The second-order valence-electron chi connectivity index (χ2n) is 6.44. The Hall–Kier alpha value is 3.36. The molecule has 0 aliphatic rings. The maximum absolute atomic E-state index is 10.9. The first kappa shape index (κ1) is 41.5. The monoisotopic (exact) mass is 515 g/mol. The molecule has 1 aromatic carbocycles. The fourth-order valence-corrected chi connectivity index (χ4v) is 3.43. The summed E-state index contributed by atoms with van der Waals surface area (Å²) in [7, 11) is -9.44. The van der Waals surface area contributed by atoms with Gasteiger partial charge >= 0.3 is 118 Å². The normalized spacial score (nSPS) is 11.5. The third kappa shape index (κ3) is 18.3. The average Bonchev–Trinajstić information content (AvgIpc) is 2.59. The van der Waals surface area contributed by atoms with E-state index in [9.17, 15) is 44.0 Å². The van der Waals surface area contributed by atoms with Crippen LogP contribution in [0, 0.1) is 0 Å². The molecule has 156 valence electrons. The number of nitrogens with one attached hydrogen (secondary N) is 1. The smallest absolute Gasteiger partial charge is 0.811 e. The van der Waals surface area contributed by atoms with E-state index in [0.717, 1.165) is 0 Å². The summed E-state index contributed by atoms with van der Waals surface area (Å²) in [6.45, 7) is -1.58. The first-order valence-electron chi connectivity index (χ1n) is 8.13. The molecule has 0 saturated carbocycles. The van der Waals surface area contributed by atoms with Crippen LogP contribution < -0.4 is 143 Å². The summed E-state index contributed by atoms with van der Waals surface area (Å²) in [5.41, 5.74) is 0.131. The van der Waals surface area contributed by atoms with Crippen LogP contribution in [0.2, 0.25) is 0 Å². The molecule has 0 aliphatic carbocycles. The molecule has 0 aliphatic heterocycles. The topological polar surface area (TPSA) is 199 Å². The van der Waals surface area contributed by atoms with Crippen molar-refractivity contribution in [3.63, 3.8) is 0 Å². The van der Waals surface area contributed by atoms with Crippen LogP contribution in [0.5, 0.6) is 0 Å². The largest absolute Gasteiger partial charge is 1.00 e. The minimum Gasteiger partial charge on any atom is -0.811 e. The minimum absolute atomic E-state index is 0. The fraction of sp³-hybridized carbons (Fsp3) is 0.600. The molecule has 0 amide bonds. The summed E-state index contributed by atoms with van der Waals surface area (Å²) in [5, 5.41) is 30.8. The van der Waals surface area contributed by atoms with Gasteiger partial charge < -0.3 is 49.3 Å². The van der Waals surface area contributed by atoms with Gasteiger partial charge in [0.15, 0.2) is 0 Å². The van der Waals surface area contributed by atoms with Gasteiger partial charge in [0.05, 0.1) is 25.4 Å². The van der Waals surface area contributed by atoms with Crippen molar-refractivity contribution in [3.8, 4) is 0 Å². The van der Waals surface area contributed by atoms with E-state index in [1.807, 2.05) is 0 Å². The van der Waals surface area contributed by atoms with Crippen LogP contribution in [-0.2, 0) is 28.5 Å². The van der Waals surface area contributed by atoms with Crippen molar-refractivity contribution < 1.29 is 162 Å². The van der Waals surface area contributed by atoms with Gasteiger partial charge in [-0.3, -0.25) is 0 Å². The molecule has 31 heavy (non-hydrogen) atoms. The Labute approximate surface area is 270 Å². The van der Waals surface area contributed by atoms with Gasteiger partial charge in [-0.25, -0.2) is 0 Å². The number of aliphatic hydroxyl groups excluding tert-OH is 3. The molecular formula is C15H23NNa4O9P2. The second kappa shape index (κ2) is 19.5. The fourth-order valence-electron chi connectivity index (χ4n) is 2.37. The van der Waals surface area contributed by atoms with Crippen molar-refractivity contribution in [1.82, 2.24) is 5.32 Å². The number of aryl methyl sites for hydroxylation is 2. The Balaban J connectivity index is -0.000000911. The molecule has 0 saturated heterocycles. The van der Waals surface area contributed by atoms with Crippen molar-refractivity contribution in [1.29, 1.82) is 0 Å². The molecule has 10 nitrogen and oxygen atoms in total. The molecule has 0 radical (unpaired) electrons. The first-order chi connectivity index (χ1) is 12.4. The Bertz CT molecular complexity index is 661. The molecule has 0 atom stereocenters. The van der Waals surface area contributed by atoms with Crippen LogP contribution >= 0.6 is 15.2 Å². The van der Waals surface area contributed by atoms with Gasteiger partial charge in [0.25, 0.3) is 0 Å². The van der Waals surface area contributed by atoms with Crippen LogP contribution in [0.1, 0.15) is 16.7 Å². The molecule has 1 rings (SSSR count). The summed E-state index contributed by atoms with van der Waals surface area (Å²) in [6.07, 6.45) is -1.39. The molecule has 0 aromatic heterocycles. The van der Waals surface area contributed by atoms with Crippen molar-refractivity contribution in [2.75, 3.05) is 32.1 Å². The summed E-state index contributed by atoms with van der Waals surface area (Å²) in [4.78, 5) is 43.4. The maximum atomic E-state index is 10.9. The third-order valence-electron chi connectivity index (χ3n) is 4.04. The standard InChI is InChI=1S/C15H27NO9P2.4Na/c17-9-15(10-18,11-19)16-8-14-6-12(1-3-26(20,21)22)5-13(7-14)2-4-27(23,24)25;;;;/h5-7,16-19H,1-4,8-11H2,(H2,20,21,22)(H2,23,24,25);;;;/q;4*+1/p-4. The van der Waals surface area contributed by atoms with Gasteiger partial charge in [0.1, 0.15) is 0 Å². The van der Waals surface area contributed by atoms with Crippen LogP contribution in [0.15, 0.2) is 18.2 Å². The van der Waals surface area contributed by atoms with Crippen molar-refractivity contribution in [2.45, 2.75) is 24.9 Å². The van der Waals surface area contributed by atoms with Crippen molar-refractivity contribution in [2.24, 2.45) is 0 Å². The van der Waals surface area contributed by atoms with Crippen LogP contribution in [0.4, 0.5) is 0 Å². The minimum atomic E-state index is -4.72. The van der Waals surface area contributed by atoms with Gasteiger partial charge in [-0.05, 0) is 41.9 Å². The Morgan fingerprint density at radius 3 is 1.32 bits per heavy atom. The zero-order valence-electron chi connectivity index (χ0n) is 18.6. The van der Waals surface area contributed by atoms with E-state index in [1.165, 1.54) is 6.07 Å².